The van der Waals surface area contributed by atoms with Crippen molar-refractivity contribution in [2.75, 3.05) is 0 Å². The number of hydrogen-bond acceptors (Lipinski definition) is 4. The zero-order valence-corrected chi connectivity index (χ0v) is 22.1. The molecule has 2 atom stereocenters. The standard InChI is InChI=1S/C32H26O2S2/c1-16(2)18-7-5-9-20-24(15-18)26(22-11-13-36-32(20)22)28-29(33)27(30(28)34)25-21-10-12-35-31(21)19-8-4-6-17(3)14-23(19)25/h4-16,27-30H,1-3H3/q-2. The Hall–Kier alpha value is -2.76. The quantitative estimate of drug-likeness (QED) is 0.257. The molecular weight excluding hydrogens is 480 g/mol. The molecule has 2 aromatic rings. The average molecular weight is 507 g/mol. The minimum absolute atomic E-state index is 0.369. The lowest BCUT2D eigenvalue weighted by atomic mass is 9.62. The predicted molar refractivity (Wildman–Crippen MR) is 149 cm³/mol. The Balaban J connectivity index is 1.40. The van der Waals surface area contributed by atoms with Crippen LogP contribution in [0.1, 0.15) is 53.9 Å². The molecule has 0 aromatic carbocycles. The Bertz CT molecular complexity index is 1680. The van der Waals surface area contributed by atoms with Gasteiger partial charge >= 0.3 is 0 Å². The van der Waals surface area contributed by atoms with Gasteiger partial charge in [0.25, 0.3) is 0 Å². The predicted octanol–water partition coefficient (Wildman–Crippen LogP) is 7.10. The topological polar surface area (TPSA) is 46.1 Å². The van der Waals surface area contributed by atoms with Gasteiger partial charge in [-0.25, -0.2) is 0 Å². The fourth-order valence-electron chi connectivity index (χ4n) is 6.38. The first-order valence-electron chi connectivity index (χ1n) is 12.6. The van der Waals surface area contributed by atoms with Crippen LogP contribution < -0.4 is 10.2 Å². The molecule has 1 saturated carbocycles. The molecule has 0 aliphatic heterocycles. The molecule has 7 rings (SSSR count). The summed E-state index contributed by atoms with van der Waals surface area (Å²) < 4.78 is 2.38. The first-order valence-corrected chi connectivity index (χ1v) is 14.4. The summed E-state index contributed by atoms with van der Waals surface area (Å²) in [6.07, 6.45) is -1.93. The molecule has 180 valence electrons. The Kier molecular flexibility index (Phi) is 5.06. The molecule has 0 bridgehead atoms. The molecule has 36 heavy (non-hydrogen) atoms. The highest BCUT2D eigenvalue weighted by Crippen LogP contribution is 2.57. The number of fused-ring (bicyclic) bond motifs is 6. The van der Waals surface area contributed by atoms with E-state index in [1.165, 1.54) is 15.0 Å². The van der Waals surface area contributed by atoms with Gasteiger partial charge in [0.2, 0.25) is 0 Å². The summed E-state index contributed by atoms with van der Waals surface area (Å²) in [5.74, 6) is -0.704. The maximum atomic E-state index is 14.1. The van der Waals surface area contributed by atoms with E-state index in [2.05, 4.69) is 92.2 Å². The smallest absolute Gasteiger partial charge is 0.0424 e. The third-order valence-electron chi connectivity index (χ3n) is 8.17. The minimum atomic E-state index is -0.964. The Morgan fingerprint density at radius 3 is 1.75 bits per heavy atom. The molecule has 0 N–H and O–H groups in total. The summed E-state index contributed by atoms with van der Waals surface area (Å²) >= 11 is 3.40. The summed E-state index contributed by atoms with van der Waals surface area (Å²) in [6.45, 7) is 6.45. The second-order valence-corrected chi connectivity index (χ2v) is 12.4. The van der Waals surface area contributed by atoms with E-state index in [1.807, 2.05) is 0 Å². The normalized spacial score (nSPS) is 22.3. The highest BCUT2D eigenvalue weighted by molar-refractivity contribution is 7.18. The van der Waals surface area contributed by atoms with E-state index in [1.54, 1.807) is 22.7 Å². The first kappa shape index (κ1) is 22.4. The Morgan fingerprint density at radius 2 is 1.19 bits per heavy atom. The van der Waals surface area contributed by atoms with Crippen molar-refractivity contribution in [1.29, 1.82) is 0 Å². The van der Waals surface area contributed by atoms with Gasteiger partial charge in [-0.1, -0.05) is 67.9 Å². The minimum Gasteiger partial charge on any atom is -0.851 e. The number of rotatable bonds is 3. The molecule has 5 aliphatic rings. The van der Waals surface area contributed by atoms with Crippen LogP contribution in [0.25, 0.3) is 42.4 Å². The maximum Gasteiger partial charge on any atom is 0.0424 e. The third-order valence-corrected chi connectivity index (χ3v) is 10.1. The number of aryl methyl sites for hydroxylation is 1. The second-order valence-electron chi connectivity index (χ2n) is 10.5. The van der Waals surface area contributed by atoms with Gasteiger partial charge in [0.05, 0.1) is 0 Å². The van der Waals surface area contributed by atoms with Crippen molar-refractivity contribution in [2.24, 2.45) is 0 Å². The highest BCUT2D eigenvalue weighted by atomic mass is 32.1. The molecule has 0 radical (unpaired) electrons. The second kappa shape index (κ2) is 8.12. The lowest BCUT2D eigenvalue weighted by molar-refractivity contribution is -0.535. The van der Waals surface area contributed by atoms with Crippen LogP contribution in [0.3, 0.4) is 0 Å². The molecule has 5 aliphatic carbocycles. The molecule has 0 spiro atoms. The maximum absolute atomic E-state index is 14.1. The van der Waals surface area contributed by atoms with Crippen LogP contribution in [0, 0.1) is 6.92 Å². The zero-order chi connectivity index (χ0) is 24.7. The largest absolute Gasteiger partial charge is 0.851 e. The van der Waals surface area contributed by atoms with E-state index in [0.29, 0.717) is 5.92 Å². The molecule has 0 amide bonds. The van der Waals surface area contributed by atoms with Gasteiger partial charge in [-0.15, -0.1) is 34.9 Å². The summed E-state index contributed by atoms with van der Waals surface area (Å²) in [5.41, 5.74) is 8.80. The number of hydrogen-bond donors (Lipinski definition) is 0. The molecule has 2 nitrogen and oxygen atoms in total. The monoisotopic (exact) mass is 506 g/mol. The fraction of sp³-hybridized carbons (Fsp3) is 0.250. The first-order chi connectivity index (χ1) is 17.5. The van der Waals surface area contributed by atoms with Crippen molar-refractivity contribution in [2.45, 2.75) is 50.7 Å². The molecule has 4 heteroatoms. The van der Waals surface area contributed by atoms with Gasteiger partial charge in [0.1, 0.15) is 0 Å². The lowest BCUT2D eigenvalue weighted by Crippen LogP contribution is -2.63. The van der Waals surface area contributed by atoms with Crippen LogP contribution in [-0.2, 0) is 0 Å². The van der Waals surface area contributed by atoms with Crippen molar-refractivity contribution in [1.82, 2.24) is 0 Å². The van der Waals surface area contributed by atoms with Crippen molar-refractivity contribution in [3.63, 3.8) is 0 Å². The van der Waals surface area contributed by atoms with Crippen molar-refractivity contribution >= 4 is 42.8 Å². The molecule has 1 fully saturated rings. The van der Waals surface area contributed by atoms with Crippen LogP contribution in [0.15, 0.2) is 71.4 Å². The third kappa shape index (κ3) is 3.02. The van der Waals surface area contributed by atoms with Crippen LogP contribution in [0.5, 0.6) is 0 Å². The highest BCUT2D eigenvalue weighted by Gasteiger charge is 2.43. The van der Waals surface area contributed by atoms with Crippen molar-refractivity contribution in [3.8, 4) is 22.3 Å². The van der Waals surface area contributed by atoms with Crippen LogP contribution in [-0.4, -0.2) is 12.2 Å². The summed E-state index contributed by atoms with van der Waals surface area (Å²) in [5, 5.41) is 34.6. The summed E-state index contributed by atoms with van der Waals surface area (Å²) in [7, 11) is 0. The van der Waals surface area contributed by atoms with Crippen LogP contribution in [0.4, 0.5) is 0 Å². The zero-order valence-electron chi connectivity index (χ0n) is 20.4. The molecule has 2 unspecified atom stereocenters. The fourth-order valence-corrected chi connectivity index (χ4v) is 8.28. The Morgan fingerprint density at radius 1 is 0.667 bits per heavy atom. The van der Waals surface area contributed by atoms with E-state index in [9.17, 15) is 10.2 Å². The van der Waals surface area contributed by atoms with E-state index in [4.69, 9.17) is 0 Å². The van der Waals surface area contributed by atoms with E-state index in [-0.39, 0.29) is 0 Å². The summed E-state index contributed by atoms with van der Waals surface area (Å²) in [6, 6.07) is 21.3. The van der Waals surface area contributed by atoms with Gasteiger partial charge < -0.3 is 10.2 Å². The molecule has 2 aromatic heterocycles. The van der Waals surface area contributed by atoms with E-state index in [0.717, 1.165) is 49.7 Å². The van der Waals surface area contributed by atoms with Crippen molar-refractivity contribution in [3.05, 3.63) is 93.7 Å². The summed E-state index contributed by atoms with van der Waals surface area (Å²) in [4.78, 5) is 0. The van der Waals surface area contributed by atoms with Gasteiger partial charge in [-0.2, -0.15) is 0 Å². The van der Waals surface area contributed by atoms with E-state index < -0.39 is 24.0 Å². The SMILES string of the molecule is Cc1cccc2c3sccc3c(C3C([O-])C(c4c5cc(C(C)C)cccc-5c5sccc45)C3[O-])c-2c1. The average Bonchev–Trinajstić information content (AvgIpc) is 3.55. The van der Waals surface area contributed by atoms with Crippen molar-refractivity contribution < 1.29 is 10.2 Å². The van der Waals surface area contributed by atoms with Gasteiger partial charge in [0, 0.05) is 9.40 Å². The van der Waals surface area contributed by atoms with Gasteiger partial charge in [-0.05, 0) is 97.3 Å². The molecular formula is C32H26O2S2-2. The van der Waals surface area contributed by atoms with Crippen LogP contribution in [0.2, 0.25) is 0 Å². The van der Waals surface area contributed by atoms with E-state index >= 15 is 0 Å². The van der Waals surface area contributed by atoms with Gasteiger partial charge in [0.15, 0.2) is 0 Å². The van der Waals surface area contributed by atoms with Crippen LogP contribution >= 0.6 is 22.7 Å². The lowest BCUT2D eigenvalue weighted by Gasteiger charge is -2.62. The molecule has 2 heterocycles. The number of thiophene rings is 2. The van der Waals surface area contributed by atoms with Gasteiger partial charge in [-0.3, -0.25) is 0 Å². The molecule has 0 saturated heterocycles. The Labute approximate surface area is 219 Å².